The van der Waals surface area contributed by atoms with E-state index in [9.17, 15) is 14.7 Å². The third kappa shape index (κ3) is 0.971. The van der Waals surface area contributed by atoms with Crippen molar-refractivity contribution in [1.29, 1.82) is 0 Å². The van der Waals surface area contributed by atoms with E-state index in [1.165, 1.54) is 4.90 Å². The molecule has 1 amide bonds. The van der Waals surface area contributed by atoms with Crippen molar-refractivity contribution in [3.05, 3.63) is 29.8 Å². The molecule has 2 heterocycles. The molecule has 1 atom stereocenters. The summed E-state index contributed by atoms with van der Waals surface area (Å²) in [6, 6.07) is 6.86. The van der Waals surface area contributed by atoms with Crippen LogP contribution in [0.5, 0.6) is 0 Å². The van der Waals surface area contributed by atoms with Crippen LogP contribution in [0.1, 0.15) is 29.6 Å². The molecule has 0 radical (unpaired) electrons. The number of piperidine rings is 1. The molecule has 3 rings (SSSR count). The summed E-state index contributed by atoms with van der Waals surface area (Å²) < 4.78 is 0. The molecule has 0 bridgehead atoms. The summed E-state index contributed by atoms with van der Waals surface area (Å²) in [5.41, 5.74) is -0.640. The molecule has 1 unspecified atom stereocenters. The van der Waals surface area contributed by atoms with Crippen LogP contribution < -0.4 is 4.90 Å². The van der Waals surface area contributed by atoms with Crippen LogP contribution in [0, 0.1) is 0 Å². The number of benzene rings is 1. The largest absolute Gasteiger partial charge is 0.364 e. The lowest BCUT2D eigenvalue weighted by Crippen LogP contribution is -2.55. The summed E-state index contributed by atoms with van der Waals surface area (Å²) in [4.78, 5) is 25.1. The highest BCUT2D eigenvalue weighted by atomic mass is 16.3. The third-order valence-corrected chi connectivity index (χ3v) is 3.29. The van der Waals surface area contributed by atoms with Crippen molar-refractivity contribution in [3.63, 3.8) is 0 Å². The number of anilines is 1. The van der Waals surface area contributed by atoms with E-state index in [0.717, 1.165) is 0 Å². The van der Waals surface area contributed by atoms with Gasteiger partial charge in [-0.25, -0.2) is 0 Å². The number of ketones is 1. The summed E-state index contributed by atoms with van der Waals surface area (Å²) in [6.45, 7) is 0. The van der Waals surface area contributed by atoms with Crippen LogP contribution in [-0.2, 0) is 4.79 Å². The molecule has 4 heteroatoms. The lowest BCUT2D eigenvalue weighted by atomic mass is 9.96. The summed E-state index contributed by atoms with van der Waals surface area (Å²) in [5.74, 6) is -0.525. The van der Waals surface area contributed by atoms with E-state index in [0.29, 0.717) is 30.5 Å². The average molecular weight is 217 g/mol. The molecule has 0 saturated carbocycles. The van der Waals surface area contributed by atoms with Gasteiger partial charge < -0.3 is 5.11 Å². The first kappa shape index (κ1) is 9.54. The third-order valence-electron chi connectivity index (χ3n) is 3.29. The number of rotatable bonds is 0. The molecule has 0 aliphatic carbocycles. The van der Waals surface area contributed by atoms with Crippen LogP contribution in [0.4, 0.5) is 5.69 Å². The minimum Gasteiger partial charge on any atom is -0.364 e. The first-order valence-corrected chi connectivity index (χ1v) is 5.34. The molecule has 4 nitrogen and oxygen atoms in total. The van der Waals surface area contributed by atoms with Gasteiger partial charge in [-0.2, -0.15) is 0 Å². The van der Waals surface area contributed by atoms with Crippen molar-refractivity contribution < 1.29 is 14.7 Å². The minimum atomic E-state index is -1.63. The van der Waals surface area contributed by atoms with Crippen molar-refractivity contribution >= 4 is 17.4 Å². The second-order valence-electron chi connectivity index (χ2n) is 4.25. The van der Waals surface area contributed by atoms with Gasteiger partial charge in [0.05, 0.1) is 5.69 Å². The van der Waals surface area contributed by atoms with E-state index in [2.05, 4.69) is 0 Å². The van der Waals surface area contributed by atoms with Crippen molar-refractivity contribution in [2.45, 2.75) is 25.0 Å². The molecule has 1 aromatic rings. The number of nitrogens with zero attached hydrogens (tertiary/aromatic N) is 1. The molecular formula is C12H11NO3. The molecule has 0 aromatic heterocycles. The van der Waals surface area contributed by atoms with Crippen LogP contribution >= 0.6 is 0 Å². The zero-order valence-electron chi connectivity index (χ0n) is 8.64. The van der Waals surface area contributed by atoms with Gasteiger partial charge in [-0.05, 0) is 18.6 Å². The summed E-state index contributed by atoms with van der Waals surface area (Å²) in [5, 5.41) is 10.3. The van der Waals surface area contributed by atoms with Crippen LogP contribution in [0.15, 0.2) is 24.3 Å². The summed E-state index contributed by atoms with van der Waals surface area (Å²) in [6.07, 6.45) is 1.28. The predicted octanol–water partition coefficient (Wildman–Crippen LogP) is 1.09. The SMILES string of the molecule is O=C1CCCC2(O)C(=O)c3ccccc3N12. The maximum Gasteiger partial charge on any atom is 0.229 e. The van der Waals surface area contributed by atoms with Gasteiger partial charge in [0.1, 0.15) is 0 Å². The number of hydrogen-bond donors (Lipinski definition) is 1. The molecule has 1 aromatic carbocycles. The van der Waals surface area contributed by atoms with E-state index in [-0.39, 0.29) is 11.7 Å². The summed E-state index contributed by atoms with van der Waals surface area (Å²) >= 11 is 0. The highest BCUT2D eigenvalue weighted by Gasteiger charge is 2.54. The molecule has 82 valence electrons. The smallest absolute Gasteiger partial charge is 0.229 e. The maximum absolute atomic E-state index is 12.1. The lowest BCUT2D eigenvalue weighted by Gasteiger charge is -2.36. The Labute approximate surface area is 92.5 Å². The van der Waals surface area contributed by atoms with Crippen molar-refractivity contribution in [2.24, 2.45) is 0 Å². The van der Waals surface area contributed by atoms with Gasteiger partial charge in [-0.1, -0.05) is 12.1 Å². The van der Waals surface area contributed by atoms with Crippen LogP contribution in [-0.4, -0.2) is 22.5 Å². The van der Waals surface area contributed by atoms with Gasteiger partial charge in [-0.15, -0.1) is 0 Å². The van der Waals surface area contributed by atoms with Crippen LogP contribution in [0.2, 0.25) is 0 Å². The Morgan fingerprint density at radius 2 is 2.00 bits per heavy atom. The lowest BCUT2D eigenvalue weighted by molar-refractivity contribution is -0.124. The Morgan fingerprint density at radius 1 is 1.25 bits per heavy atom. The van der Waals surface area contributed by atoms with Gasteiger partial charge in [0, 0.05) is 18.4 Å². The van der Waals surface area contributed by atoms with Gasteiger partial charge >= 0.3 is 0 Å². The van der Waals surface area contributed by atoms with Gasteiger partial charge in [0.15, 0.2) is 0 Å². The van der Waals surface area contributed by atoms with E-state index in [1.807, 2.05) is 0 Å². The number of fused-ring (bicyclic) bond motifs is 3. The van der Waals surface area contributed by atoms with Crippen LogP contribution in [0.3, 0.4) is 0 Å². The fourth-order valence-corrected chi connectivity index (χ4v) is 2.54. The number of Topliss-reactive ketones (excluding diaryl/α,β-unsaturated/α-hetero) is 1. The topological polar surface area (TPSA) is 57.6 Å². The molecule has 0 spiro atoms. The Morgan fingerprint density at radius 3 is 2.81 bits per heavy atom. The zero-order chi connectivity index (χ0) is 11.3. The second kappa shape index (κ2) is 2.92. The predicted molar refractivity (Wildman–Crippen MR) is 57.1 cm³/mol. The Bertz CT molecular complexity index is 497. The minimum absolute atomic E-state index is 0.174. The maximum atomic E-state index is 12.1. The number of aliphatic hydroxyl groups is 1. The second-order valence-corrected chi connectivity index (χ2v) is 4.25. The van der Waals surface area contributed by atoms with Gasteiger partial charge in [-0.3, -0.25) is 14.5 Å². The first-order chi connectivity index (χ1) is 7.64. The van der Waals surface area contributed by atoms with Crippen molar-refractivity contribution in [1.82, 2.24) is 0 Å². The Kier molecular flexibility index (Phi) is 1.74. The van der Waals surface area contributed by atoms with Gasteiger partial charge in [0.2, 0.25) is 17.4 Å². The summed E-state index contributed by atoms with van der Waals surface area (Å²) in [7, 11) is 0. The molecule has 2 aliphatic rings. The molecule has 16 heavy (non-hydrogen) atoms. The van der Waals surface area contributed by atoms with Crippen molar-refractivity contribution in [3.8, 4) is 0 Å². The molecular weight excluding hydrogens is 206 g/mol. The number of amides is 1. The molecule has 2 aliphatic heterocycles. The van der Waals surface area contributed by atoms with E-state index in [1.54, 1.807) is 24.3 Å². The number of para-hydroxylation sites is 1. The van der Waals surface area contributed by atoms with E-state index in [4.69, 9.17) is 0 Å². The zero-order valence-corrected chi connectivity index (χ0v) is 8.64. The fourth-order valence-electron chi connectivity index (χ4n) is 2.54. The monoisotopic (exact) mass is 217 g/mol. The van der Waals surface area contributed by atoms with E-state index < -0.39 is 5.72 Å². The van der Waals surface area contributed by atoms with E-state index >= 15 is 0 Å². The number of carbonyl (C=O) groups excluding carboxylic acids is 2. The highest BCUT2D eigenvalue weighted by molar-refractivity contribution is 6.19. The molecule has 1 fully saturated rings. The number of carbonyl (C=O) groups is 2. The molecule has 1 saturated heterocycles. The standard InChI is InChI=1S/C12H11NO3/c14-10-6-3-7-12(16)11(15)8-4-1-2-5-9(8)13(10)12/h1-2,4-5,16H,3,6-7H2. The van der Waals surface area contributed by atoms with Crippen LogP contribution in [0.25, 0.3) is 0 Å². The quantitative estimate of drug-likeness (QED) is 0.707. The molecule has 1 N–H and O–H groups in total. The average Bonchev–Trinajstić information content (AvgIpc) is 2.50. The number of hydrogen-bond acceptors (Lipinski definition) is 3. The fraction of sp³-hybridized carbons (Fsp3) is 0.333. The van der Waals surface area contributed by atoms with Gasteiger partial charge in [0.25, 0.3) is 0 Å². The highest BCUT2D eigenvalue weighted by Crippen LogP contribution is 2.42. The first-order valence-electron chi connectivity index (χ1n) is 5.34. The van der Waals surface area contributed by atoms with Crippen molar-refractivity contribution in [2.75, 3.05) is 4.90 Å². The Balaban J connectivity index is 2.23. The normalized spacial score (nSPS) is 27.9. The Hall–Kier alpha value is -1.68.